The van der Waals surface area contributed by atoms with Gasteiger partial charge in [0, 0.05) is 42.7 Å². The van der Waals surface area contributed by atoms with Crippen LogP contribution in [0.15, 0.2) is 42.6 Å². The highest BCUT2D eigenvalue weighted by atomic mass is 32.2. The number of aryl methyl sites for hydroxylation is 1. The topological polar surface area (TPSA) is 162 Å². The summed E-state index contributed by atoms with van der Waals surface area (Å²) in [5.41, 5.74) is 1.01. The van der Waals surface area contributed by atoms with Gasteiger partial charge in [-0.3, -0.25) is 19.1 Å². The Hall–Kier alpha value is -4.46. The number of ether oxygens (including phenoxy) is 2. The van der Waals surface area contributed by atoms with Crippen LogP contribution in [0, 0.1) is 24.7 Å². The highest BCUT2D eigenvalue weighted by Crippen LogP contribution is 2.48. The van der Waals surface area contributed by atoms with Crippen molar-refractivity contribution >= 4 is 38.6 Å². The maximum Gasteiger partial charge on any atom is 0.259 e. The molecule has 284 valence electrons. The van der Waals surface area contributed by atoms with E-state index in [1.54, 1.807) is 30.7 Å². The summed E-state index contributed by atoms with van der Waals surface area (Å²) >= 11 is 0. The van der Waals surface area contributed by atoms with Crippen LogP contribution in [0.4, 0.5) is 0 Å². The smallest absolute Gasteiger partial charge is 0.259 e. The molecule has 0 saturated heterocycles. The van der Waals surface area contributed by atoms with Crippen molar-refractivity contribution in [2.24, 2.45) is 17.8 Å². The van der Waals surface area contributed by atoms with Gasteiger partial charge in [-0.15, -0.1) is 0 Å². The Bertz CT molecular complexity index is 2090. The number of sulfonamides is 1. The van der Waals surface area contributed by atoms with E-state index in [2.05, 4.69) is 23.9 Å². The molecule has 0 unspecified atom stereocenters. The Kier molecular flexibility index (Phi) is 9.57. The number of rotatable bonds is 8. The number of fused-ring (bicyclic) bond motifs is 3. The van der Waals surface area contributed by atoms with Crippen LogP contribution in [0.1, 0.15) is 89.3 Å². The highest BCUT2D eigenvalue weighted by Gasteiger charge is 2.63. The van der Waals surface area contributed by atoms with Crippen LogP contribution in [-0.4, -0.2) is 82.9 Å². The van der Waals surface area contributed by atoms with Gasteiger partial charge in [0.15, 0.2) is 5.82 Å². The van der Waals surface area contributed by atoms with Gasteiger partial charge in [0.05, 0.1) is 34.9 Å². The van der Waals surface area contributed by atoms with Gasteiger partial charge in [-0.25, -0.2) is 18.1 Å². The van der Waals surface area contributed by atoms with Crippen molar-refractivity contribution in [3.8, 4) is 17.3 Å². The zero-order valence-corrected chi connectivity index (χ0v) is 32.2. The van der Waals surface area contributed by atoms with E-state index in [-0.39, 0.29) is 37.0 Å². The van der Waals surface area contributed by atoms with Crippen molar-refractivity contribution in [2.75, 3.05) is 20.7 Å². The summed E-state index contributed by atoms with van der Waals surface area (Å²) in [6, 6.07) is 7.55. The third-order valence-electron chi connectivity index (χ3n) is 11.7. The zero-order valence-electron chi connectivity index (χ0n) is 31.3. The fourth-order valence-corrected chi connectivity index (χ4v) is 9.06. The van der Waals surface area contributed by atoms with Crippen molar-refractivity contribution in [2.45, 2.75) is 101 Å². The largest absolute Gasteiger partial charge is 0.496 e. The Labute approximate surface area is 310 Å². The van der Waals surface area contributed by atoms with Gasteiger partial charge in [0.2, 0.25) is 21.8 Å². The number of methoxy groups -OCH3 is 1. The van der Waals surface area contributed by atoms with Crippen LogP contribution in [0.5, 0.6) is 11.5 Å². The van der Waals surface area contributed by atoms with Gasteiger partial charge in [-0.1, -0.05) is 26.0 Å². The minimum Gasteiger partial charge on any atom is -0.496 e. The molecule has 2 N–H and O–H groups in total. The number of carbonyl (C=O) groups excluding carboxylic acids is 3. The van der Waals surface area contributed by atoms with Gasteiger partial charge in [-0.2, -0.15) is 5.10 Å². The van der Waals surface area contributed by atoms with E-state index in [9.17, 15) is 22.8 Å². The number of hydrogen-bond donors (Lipinski definition) is 2. The Morgan fingerprint density at radius 1 is 1.09 bits per heavy atom. The number of pyridine rings is 1. The third-order valence-corrected chi connectivity index (χ3v) is 13.9. The number of hydrogen-bond acceptors (Lipinski definition) is 9. The first-order valence-corrected chi connectivity index (χ1v) is 20.2. The minimum absolute atomic E-state index is 0.155. The number of aromatic nitrogens is 3. The predicted octanol–water partition coefficient (Wildman–Crippen LogP) is 4.71. The first-order valence-electron chi connectivity index (χ1n) is 18.7. The van der Waals surface area contributed by atoms with Gasteiger partial charge >= 0.3 is 0 Å². The molecule has 3 fully saturated rings. The lowest BCUT2D eigenvalue weighted by Crippen LogP contribution is -2.55. The molecule has 3 saturated carbocycles. The number of nitrogens with zero attached hydrogens (tertiary/aromatic N) is 4. The van der Waals surface area contributed by atoms with E-state index in [1.165, 1.54) is 0 Å². The molecule has 14 heteroatoms. The van der Waals surface area contributed by atoms with E-state index < -0.39 is 50.1 Å². The molecular formula is C39H50N6O7S. The Morgan fingerprint density at radius 2 is 1.85 bits per heavy atom. The van der Waals surface area contributed by atoms with Crippen LogP contribution in [0.2, 0.25) is 0 Å². The average molecular weight is 747 g/mol. The molecule has 0 radical (unpaired) electrons. The molecule has 4 aliphatic rings. The molecule has 3 aromatic rings. The molecule has 0 bridgehead atoms. The summed E-state index contributed by atoms with van der Waals surface area (Å²) in [5, 5.41) is 8.47. The van der Waals surface area contributed by atoms with Gasteiger partial charge in [0.1, 0.15) is 23.1 Å². The molecular weight excluding hydrogens is 697 g/mol. The lowest BCUT2D eigenvalue weighted by Gasteiger charge is -2.27. The molecule has 13 nitrogen and oxygen atoms in total. The SMILES string of the molecule is COc1ccc2c(O[C@@H]3C[C@H]4C(=O)N[C@]5(C(=O)NS(=O)(=O)C6(C)CC6)C[C@H]5C=CCCCCN(C)C(=O)[C@@H]4C3)cc(-n3ccc(C(C)C)n3)nc2c1C. The Balaban J connectivity index is 1.21. The lowest BCUT2D eigenvalue weighted by atomic mass is 9.93. The lowest BCUT2D eigenvalue weighted by molar-refractivity contribution is -0.140. The highest BCUT2D eigenvalue weighted by molar-refractivity contribution is 7.91. The molecule has 3 aliphatic carbocycles. The fourth-order valence-electron chi connectivity index (χ4n) is 7.75. The average Bonchev–Trinajstić information content (AvgIpc) is 3.89. The molecule has 0 spiro atoms. The monoisotopic (exact) mass is 746 g/mol. The van der Waals surface area contributed by atoms with Gasteiger partial charge < -0.3 is 19.7 Å². The number of benzene rings is 1. The first kappa shape index (κ1) is 36.9. The van der Waals surface area contributed by atoms with E-state index in [0.29, 0.717) is 42.2 Å². The van der Waals surface area contributed by atoms with E-state index >= 15 is 0 Å². The standard InChI is InChI=1S/C39H50N6O7S/c1-23(2)30-14-18-45(42-30)33-21-32(27-12-13-31(51-6)24(3)34(27)40-33)52-26-19-28-29(20-26)36(47)44(5)17-10-8-7-9-11-25-22-39(25,41-35(28)46)37(48)43-53(49,50)38(4)15-16-38/h9,11-14,18,21,23,25-26,28-29H,7-8,10,15-17,19-20,22H2,1-6H3,(H,41,46)(H,43,48)/t25-,26-,28-,29-,39-/m1/s1. The predicted molar refractivity (Wildman–Crippen MR) is 199 cm³/mol. The first-order chi connectivity index (χ1) is 25.2. The zero-order chi connectivity index (χ0) is 37.9. The second kappa shape index (κ2) is 13.7. The molecule has 1 aromatic carbocycles. The van der Waals surface area contributed by atoms with Crippen LogP contribution < -0.4 is 19.5 Å². The maximum absolute atomic E-state index is 14.3. The quantitative estimate of drug-likeness (QED) is 0.311. The molecule has 2 aromatic heterocycles. The van der Waals surface area contributed by atoms with Crippen LogP contribution in [0.25, 0.3) is 16.7 Å². The molecule has 7 rings (SSSR count). The molecule has 53 heavy (non-hydrogen) atoms. The number of carbonyl (C=O) groups is 3. The summed E-state index contributed by atoms with van der Waals surface area (Å²) < 4.78 is 41.6. The molecule has 3 amide bonds. The number of nitrogens with one attached hydrogen (secondary N) is 2. The minimum atomic E-state index is -3.93. The summed E-state index contributed by atoms with van der Waals surface area (Å²) in [5.74, 6) is -1.22. The summed E-state index contributed by atoms with van der Waals surface area (Å²) in [6.45, 7) is 8.25. The Morgan fingerprint density at radius 3 is 2.55 bits per heavy atom. The second-order valence-electron chi connectivity index (χ2n) is 15.9. The third kappa shape index (κ3) is 6.90. The van der Waals surface area contributed by atoms with E-state index in [1.807, 2.05) is 49.5 Å². The van der Waals surface area contributed by atoms with Crippen molar-refractivity contribution < 1.29 is 32.3 Å². The number of allylic oxidation sites excluding steroid dienone is 1. The summed E-state index contributed by atoms with van der Waals surface area (Å²) in [7, 11) is -0.557. The summed E-state index contributed by atoms with van der Waals surface area (Å²) in [4.78, 5) is 48.8. The summed E-state index contributed by atoms with van der Waals surface area (Å²) in [6.07, 6.45) is 9.33. The van der Waals surface area contributed by atoms with Crippen LogP contribution in [-0.2, 0) is 24.4 Å². The molecule has 1 aliphatic heterocycles. The van der Waals surface area contributed by atoms with Crippen LogP contribution >= 0.6 is 0 Å². The fraction of sp³-hybridized carbons (Fsp3) is 0.564. The number of amides is 3. The normalized spacial score (nSPS) is 27.1. The van der Waals surface area contributed by atoms with E-state index in [4.69, 9.17) is 19.6 Å². The maximum atomic E-state index is 14.3. The van der Waals surface area contributed by atoms with Crippen molar-refractivity contribution in [1.82, 2.24) is 29.7 Å². The van der Waals surface area contributed by atoms with Crippen molar-refractivity contribution in [3.63, 3.8) is 0 Å². The van der Waals surface area contributed by atoms with Gasteiger partial charge in [0.25, 0.3) is 5.91 Å². The second-order valence-corrected chi connectivity index (χ2v) is 18.1. The van der Waals surface area contributed by atoms with E-state index in [0.717, 1.165) is 35.9 Å². The van der Waals surface area contributed by atoms with Gasteiger partial charge in [-0.05, 0) is 89.3 Å². The van der Waals surface area contributed by atoms with Crippen molar-refractivity contribution in [3.05, 3.63) is 53.9 Å². The van der Waals surface area contributed by atoms with Crippen LogP contribution in [0.3, 0.4) is 0 Å². The molecule has 3 heterocycles. The van der Waals surface area contributed by atoms with Crippen molar-refractivity contribution in [1.29, 1.82) is 0 Å². The molecule has 5 atom stereocenters.